The van der Waals surface area contributed by atoms with E-state index in [2.05, 4.69) is 20.5 Å². The monoisotopic (exact) mass is 390 g/mol. The second-order valence-electron chi connectivity index (χ2n) is 6.55. The predicted molar refractivity (Wildman–Crippen MR) is 108 cm³/mol. The van der Waals surface area contributed by atoms with Gasteiger partial charge in [-0.15, -0.1) is 0 Å². The number of rotatable bonds is 6. The van der Waals surface area contributed by atoms with Gasteiger partial charge in [0.05, 0.1) is 24.0 Å². The third kappa shape index (κ3) is 4.08. The molecule has 2 heterocycles. The number of aromatic nitrogens is 3. The van der Waals surface area contributed by atoms with Crippen molar-refractivity contribution in [2.75, 3.05) is 13.2 Å². The summed E-state index contributed by atoms with van der Waals surface area (Å²) in [6, 6.07) is 15.7. The lowest BCUT2D eigenvalue weighted by Crippen LogP contribution is -2.28. The zero-order chi connectivity index (χ0) is 20.2. The topological polar surface area (TPSA) is 79.9 Å². The fourth-order valence-electron chi connectivity index (χ4n) is 3.08. The molecule has 0 aliphatic rings. The number of hydrogen-bond donors (Lipinski definition) is 2. The first-order valence-corrected chi connectivity index (χ1v) is 9.18. The van der Waals surface area contributed by atoms with Crippen LogP contribution in [-0.2, 0) is 0 Å². The van der Waals surface area contributed by atoms with Crippen LogP contribution in [0.2, 0.25) is 0 Å². The van der Waals surface area contributed by atoms with Crippen LogP contribution in [0.3, 0.4) is 0 Å². The highest BCUT2D eigenvalue weighted by molar-refractivity contribution is 5.99. The molecule has 0 radical (unpaired) electrons. The van der Waals surface area contributed by atoms with Crippen molar-refractivity contribution < 1.29 is 13.9 Å². The summed E-state index contributed by atoms with van der Waals surface area (Å²) in [6.07, 6.45) is 1.42. The van der Waals surface area contributed by atoms with Crippen molar-refractivity contribution in [3.05, 3.63) is 77.9 Å². The summed E-state index contributed by atoms with van der Waals surface area (Å²) in [4.78, 5) is 17.0. The van der Waals surface area contributed by atoms with Crippen molar-refractivity contribution in [1.82, 2.24) is 20.5 Å². The lowest BCUT2D eigenvalue weighted by molar-refractivity contribution is 0.0948. The Morgan fingerprint density at radius 3 is 2.90 bits per heavy atom. The second kappa shape index (κ2) is 8.10. The molecule has 0 atom stereocenters. The van der Waals surface area contributed by atoms with Gasteiger partial charge in [0.2, 0.25) is 0 Å². The van der Waals surface area contributed by atoms with Crippen LogP contribution in [0, 0.1) is 12.7 Å². The number of amides is 1. The van der Waals surface area contributed by atoms with Crippen LogP contribution < -0.4 is 10.1 Å². The number of fused-ring (bicyclic) bond motifs is 1. The molecule has 0 spiro atoms. The van der Waals surface area contributed by atoms with Crippen LogP contribution in [0.25, 0.3) is 22.2 Å². The van der Waals surface area contributed by atoms with Crippen molar-refractivity contribution in [2.45, 2.75) is 6.92 Å². The molecule has 2 aromatic carbocycles. The molecule has 0 saturated carbocycles. The number of pyridine rings is 1. The van der Waals surface area contributed by atoms with Gasteiger partial charge in [-0.1, -0.05) is 30.3 Å². The Morgan fingerprint density at radius 1 is 1.17 bits per heavy atom. The van der Waals surface area contributed by atoms with Gasteiger partial charge in [-0.2, -0.15) is 5.10 Å². The van der Waals surface area contributed by atoms with Crippen LogP contribution in [0.5, 0.6) is 5.75 Å². The highest BCUT2D eigenvalue weighted by atomic mass is 19.1. The van der Waals surface area contributed by atoms with Crippen LogP contribution >= 0.6 is 0 Å². The van der Waals surface area contributed by atoms with Crippen LogP contribution in [-0.4, -0.2) is 34.2 Å². The number of benzene rings is 2. The molecule has 0 bridgehead atoms. The Hall–Kier alpha value is -3.74. The van der Waals surface area contributed by atoms with E-state index in [0.29, 0.717) is 29.1 Å². The molecule has 1 amide bonds. The highest BCUT2D eigenvalue weighted by Gasteiger charge is 2.15. The SMILES string of the molecule is Cc1ccc2cccc(OCCNC(=O)c3cn[nH]c3-c3cccc(F)c3)c2n1. The summed E-state index contributed by atoms with van der Waals surface area (Å²) in [6.45, 7) is 2.51. The second-order valence-corrected chi connectivity index (χ2v) is 6.55. The zero-order valence-corrected chi connectivity index (χ0v) is 15.8. The maximum atomic E-state index is 13.5. The Morgan fingerprint density at radius 2 is 2.03 bits per heavy atom. The van der Waals surface area contributed by atoms with E-state index in [1.807, 2.05) is 37.3 Å². The number of hydrogen-bond acceptors (Lipinski definition) is 4. The van der Waals surface area contributed by atoms with Crippen molar-refractivity contribution in [1.29, 1.82) is 0 Å². The maximum Gasteiger partial charge on any atom is 0.255 e. The van der Waals surface area contributed by atoms with E-state index in [-0.39, 0.29) is 18.3 Å². The van der Waals surface area contributed by atoms with Gasteiger partial charge >= 0.3 is 0 Å². The minimum atomic E-state index is -0.379. The fourth-order valence-corrected chi connectivity index (χ4v) is 3.08. The average molecular weight is 390 g/mol. The molecule has 6 nitrogen and oxygen atoms in total. The predicted octanol–water partition coefficient (Wildman–Crippen LogP) is 3.88. The van der Waals surface area contributed by atoms with Gasteiger partial charge < -0.3 is 10.1 Å². The first-order chi connectivity index (χ1) is 14.1. The Labute approximate surface area is 166 Å². The standard InChI is InChI=1S/C22H19FN4O2/c1-14-8-9-15-4-3-7-19(21(15)26-14)29-11-10-24-22(28)18-13-25-27-20(18)16-5-2-6-17(23)12-16/h2-9,12-13H,10-11H2,1H3,(H,24,28)(H,25,27). The molecular weight excluding hydrogens is 371 g/mol. The number of H-pyrrole nitrogens is 1. The first-order valence-electron chi connectivity index (χ1n) is 9.18. The molecule has 29 heavy (non-hydrogen) atoms. The number of nitrogens with zero attached hydrogens (tertiary/aromatic N) is 2. The van der Waals surface area contributed by atoms with Gasteiger partial charge in [0.15, 0.2) is 0 Å². The summed E-state index contributed by atoms with van der Waals surface area (Å²) in [5, 5.41) is 10.5. The molecule has 0 aliphatic carbocycles. The largest absolute Gasteiger partial charge is 0.489 e. The summed E-state index contributed by atoms with van der Waals surface area (Å²) in [5.74, 6) is -0.0199. The number of para-hydroxylation sites is 1. The molecular formula is C22H19FN4O2. The van der Waals surface area contributed by atoms with E-state index in [1.165, 1.54) is 18.3 Å². The maximum absolute atomic E-state index is 13.5. The molecule has 0 fully saturated rings. The number of halogens is 1. The van der Waals surface area contributed by atoms with Gasteiger partial charge in [-0.3, -0.25) is 9.89 Å². The average Bonchev–Trinajstić information content (AvgIpc) is 3.21. The summed E-state index contributed by atoms with van der Waals surface area (Å²) in [7, 11) is 0. The quantitative estimate of drug-likeness (QED) is 0.490. The molecule has 146 valence electrons. The molecule has 7 heteroatoms. The van der Waals surface area contributed by atoms with Crippen molar-refractivity contribution >= 4 is 16.8 Å². The summed E-state index contributed by atoms with van der Waals surface area (Å²) < 4.78 is 19.3. The minimum Gasteiger partial charge on any atom is -0.489 e. The van der Waals surface area contributed by atoms with Crippen LogP contribution in [0.1, 0.15) is 16.1 Å². The Bertz CT molecular complexity index is 1170. The molecule has 4 rings (SSSR count). The molecule has 4 aromatic rings. The lowest BCUT2D eigenvalue weighted by Gasteiger charge is -2.10. The van der Waals surface area contributed by atoms with Gasteiger partial charge in [0, 0.05) is 16.6 Å². The number of carbonyl (C=O) groups is 1. The molecule has 0 unspecified atom stereocenters. The van der Waals surface area contributed by atoms with E-state index in [1.54, 1.807) is 12.1 Å². The summed E-state index contributed by atoms with van der Waals surface area (Å²) >= 11 is 0. The number of carbonyl (C=O) groups excluding carboxylic acids is 1. The number of nitrogens with one attached hydrogen (secondary N) is 2. The van der Waals surface area contributed by atoms with Gasteiger partial charge in [-0.25, -0.2) is 9.37 Å². The normalized spacial score (nSPS) is 10.8. The van der Waals surface area contributed by atoms with Crippen molar-refractivity contribution in [2.24, 2.45) is 0 Å². The van der Waals surface area contributed by atoms with E-state index < -0.39 is 0 Å². The molecule has 2 aromatic heterocycles. The molecule has 0 saturated heterocycles. The van der Waals surface area contributed by atoms with E-state index >= 15 is 0 Å². The molecule has 2 N–H and O–H groups in total. The Kier molecular flexibility index (Phi) is 5.20. The third-order valence-electron chi connectivity index (χ3n) is 4.46. The van der Waals surface area contributed by atoms with Gasteiger partial charge in [-0.05, 0) is 31.2 Å². The van der Waals surface area contributed by atoms with Crippen LogP contribution in [0.15, 0.2) is 60.8 Å². The van der Waals surface area contributed by atoms with Crippen molar-refractivity contribution in [3.8, 4) is 17.0 Å². The number of aryl methyl sites for hydroxylation is 1. The first kappa shape index (κ1) is 18.6. The minimum absolute atomic E-state index is 0.285. The zero-order valence-electron chi connectivity index (χ0n) is 15.8. The van der Waals surface area contributed by atoms with Crippen LogP contribution in [0.4, 0.5) is 4.39 Å². The Balaban J connectivity index is 1.40. The lowest BCUT2D eigenvalue weighted by atomic mass is 10.1. The van der Waals surface area contributed by atoms with Gasteiger partial charge in [0.1, 0.15) is 23.7 Å². The van der Waals surface area contributed by atoms with E-state index in [4.69, 9.17) is 4.74 Å². The smallest absolute Gasteiger partial charge is 0.255 e. The van der Waals surface area contributed by atoms with E-state index in [0.717, 1.165) is 16.6 Å². The summed E-state index contributed by atoms with van der Waals surface area (Å²) in [5.41, 5.74) is 3.07. The molecule has 0 aliphatic heterocycles. The third-order valence-corrected chi connectivity index (χ3v) is 4.46. The van der Waals surface area contributed by atoms with Gasteiger partial charge in [0.25, 0.3) is 5.91 Å². The van der Waals surface area contributed by atoms with E-state index in [9.17, 15) is 9.18 Å². The number of aromatic amines is 1. The van der Waals surface area contributed by atoms with Crippen molar-refractivity contribution in [3.63, 3.8) is 0 Å². The fraction of sp³-hybridized carbons (Fsp3) is 0.136. The highest BCUT2D eigenvalue weighted by Crippen LogP contribution is 2.24. The number of ether oxygens (including phenoxy) is 1.